The Morgan fingerprint density at radius 3 is 2.54 bits per heavy atom. The van der Waals surface area contributed by atoms with Crippen molar-refractivity contribution in [2.24, 2.45) is 0 Å². The first-order valence-corrected chi connectivity index (χ1v) is 9.14. The van der Waals surface area contributed by atoms with Gasteiger partial charge in [0, 0.05) is 0 Å². The van der Waals surface area contributed by atoms with Crippen LogP contribution in [0.25, 0.3) is 11.6 Å². The van der Waals surface area contributed by atoms with Gasteiger partial charge in [-0.05, 0) is 66.1 Å². The third-order valence-electron chi connectivity index (χ3n) is 4.96. The van der Waals surface area contributed by atoms with Gasteiger partial charge < -0.3 is 9.47 Å². The van der Waals surface area contributed by atoms with Crippen molar-refractivity contribution in [3.63, 3.8) is 0 Å². The van der Waals surface area contributed by atoms with E-state index in [4.69, 9.17) is 9.47 Å². The van der Waals surface area contributed by atoms with Crippen molar-refractivity contribution in [2.75, 3.05) is 13.2 Å². The minimum Gasteiger partial charge on any atom is -0.493 e. The van der Waals surface area contributed by atoms with E-state index in [2.05, 4.69) is 45.0 Å². The second kappa shape index (κ2) is 7.36. The Labute approximate surface area is 155 Å². The molecule has 1 heterocycles. The van der Waals surface area contributed by atoms with E-state index >= 15 is 0 Å². The average molecular weight is 350 g/mol. The largest absolute Gasteiger partial charge is 0.493 e. The molecule has 2 aromatic carbocycles. The third kappa shape index (κ3) is 3.82. The van der Waals surface area contributed by atoms with Crippen LogP contribution in [0, 0.1) is 0 Å². The summed E-state index contributed by atoms with van der Waals surface area (Å²) in [6.07, 6.45) is 3.16. The van der Waals surface area contributed by atoms with E-state index in [1.807, 2.05) is 19.1 Å². The predicted molar refractivity (Wildman–Crippen MR) is 106 cm³/mol. The van der Waals surface area contributed by atoms with Crippen molar-refractivity contribution >= 4 is 17.6 Å². The van der Waals surface area contributed by atoms with Gasteiger partial charge in [0.1, 0.15) is 5.75 Å². The van der Waals surface area contributed by atoms with Gasteiger partial charge in [-0.15, -0.1) is 0 Å². The molecule has 0 amide bonds. The Kier molecular flexibility index (Phi) is 5.17. The fourth-order valence-electron chi connectivity index (χ4n) is 3.26. The molecule has 3 heteroatoms. The Balaban J connectivity index is 1.83. The number of carbonyl (C=O) groups excluding carboxylic acids is 1. The van der Waals surface area contributed by atoms with Crippen molar-refractivity contribution in [3.8, 4) is 5.75 Å². The summed E-state index contributed by atoms with van der Waals surface area (Å²) in [5.74, 6) is 0.707. The normalized spacial score (nSPS) is 15.8. The van der Waals surface area contributed by atoms with E-state index in [1.165, 1.54) is 5.56 Å². The van der Waals surface area contributed by atoms with Crippen LogP contribution in [0.2, 0.25) is 0 Å². The molecule has 0 aliphatic carbocycles. The number of rotatable bonds is 4. The van der Waals surface area contributed by atoms with Crippen LogP contribution in [-0.4, -0.2) is 19.2 Å². The van der Waals surface area contributed by atoms with E-state index in [0.717, 1.165) is 35.5 Å². The standard InChI is InChI=1S/C23H26O3/c1-5-25-22(24)18-8-6-17(7-9-18)14-16(2)19-10-11-20-21(15-19)26-13-12-23(20,3)4/h6-11,14-15H,5,12-13H2,1-4H3. The molecule has 0 saturated heterocycles. The van der Waals surface area contributed by atoms with Crippen LogP contribution in [0.4, 0.5) is 0 Å². The lowest BCUT2D eigenvalue weighted by molar-refractivity contribution is 0.0526. The van der Waals surface area contributed by atoms with Crippen LogP contribution in [0.1, 0.15) is 61.2 Å². The van der Waals surface area contributed by atoms with Gasteiger partial charge in [0.25, 0.3) is 0 Å². The molecule has 3 rings (SSSR count). The average Bonchev–Trinajstić information content (AvgIpc) is 2.62. The first-order chi connectivity index (χ1) is 12.4. The number of benzene rings is 2. The zero-order valence-electron chi connectivity index (χ0n) is 16.0. The van der Waals surface area contributed by atoms with Crippen LogP contribution in [0.3, 0.4) is 0 Å². The molecule has 0 N–H and O–H groups in total. The lowest BCUT2D eigenvalue weighted by Gasteiger charge is -2.32. The number of fused-ring (bicyclic) bond motifs is 1. The summed E-state index contributed by atoms with van der Waals surface area (Å²) in [4.78, 5) is 11.7. The van der Waals surface area contributed by atoms with Gasteiger partial charge in [-0.3, -0.25) is 0 Å². The summed E-state index contributed by atoms with van der Waals surface area (Å²) in [5.41, 5.74) is 5.37. The zero-order chi connectivity index (χ0) is 18.7. The monoisotopic (exact) mass is 350 g/mol. The number of esters is 1. The van der Waals surface area contributed by atoms with Crippen LogP contribution in [0.15, 0.2) is 42.5 Å². The predicted octanol–water partition coefficient (Wildman–Crippen LogP) is 5.48. The number of carbonyl (C=O) groups is 1. The van der Waals surface area contributed by atoms with Gasteiger partial charge in [-0.25, -0.2) is 4.79 Å². The highest BCUT2D eigenvalue weighted by Crippen LogP contribution is 2.39. The van der Waals surface area contributed by atoms with Gasteiger partial charge in [0.15, 0.2) is 0 Å². The molecule has 1 aliphatic heterocycles. The topological polar surface area (TPSA) is 35.5 Å². The van der Waals surface area contributed by atoms with Gasteiger partial charge in [-0.1, -0.05) is 44.2 Å². The molecule has 0 atom stereocenters. The molecule has 0 aromatic heterocycles. The second-order valence-corrected chi connectivity index (χ2v) is 7.36. The second-order valence-electron chi connectivity index (χ2n) is 7.36. The maximum absolute atomic E-state index is 11.7. The van der Waals surface area contributed by atoms with E-state index in [-0.39, 0.29) is 11.4 Å². The molecule has 0 bridgehead atoms. The van der Waals surface area contributed by atoms with Crippen LogP contribution >= 0.6 is 0 Å². The van der Waals surface area contributed by atoms with Crippen molar-refractivity contribution in [3.05, 3.63) is 64.7 Å². The minimum absolute atomic E-state index is 0.159. The quantitative estimate of drug-likeness (QED) is 0.541. The lowest BCUT2D eigenvalue weighted by Crippen LogP contribution is -2.26. The molecule has 0 fully saturated rings. The van der Waals surface area contributed by atoms with Gasteiger partial charge in [0.05, 0.1) is 18.8 Å². The maximum Gasteiger partial charge on any atom is 0.338 e. The summed E-state index contributed by atoms with van der Waals surface area (Å²) in [6, 6.07) is 14.0. The molecule has 0 spiro atoms. The van der Waals surface area contributed by atoms with Gasteiger partial charge in [-0.2, -0.15) is 0 Å². The molecule has 26 heavy (non-hydrogen) atoms. The summed E-state index contributed by atoms with van der Waals surface area (Å²) in [6.45, 7) is 9.58. The molecule has 0 saturated carbocycles. The number of hydrogen-bond acceptors (Lipinski definition) is 3. The molecule has 3 nitrogen and oxygen atoms in total. The van der Waals surface area contributed by atoms with E-state index in [1.54, 1.807) is 12.1 Å². The van der Waals surface area contributed by atoms with Gasteiger partial charge >= 0.3 is 5.97 Å². The maximum atomic E-state index is 11.7. The van der Waals surface area contributed by atoms with Crippen LogP contribution < -0.4 is 4.74 Å². The summed E-state index contributed by atoms with van der Waals surface area (Å²) >= 11 is 0. The summed E-state index contributed by atoms with van der Waals surface area (Å²) in [5, 5.41) is 0. The highest BCUT2D eigenvalue weighted by atomic mass is 16.5. The van der Waals surface area contributed by atoms with E-state index < -0.39 is 0 Å². The molecule has 0 unspecified atom stereocenters. The fourth-order valence-corrected chi connectivity index (χ4v) is 3.26. The van der Waals surface area contributed by atoms with Gasteiger partial charge in [0.2, 0.25) is 0 Å². The van der Waals surface area contributed by atoms with E-state index in [0.29, 0.717) is 12.2 Å². The Hall–Kier alpha value is -2.55. The van der Waals surface area contributed by atoms with E-state index in [9.17, 15) is 4.79 Å². The highest BCUT2D eigenvalue weighted by molar-refractivity contribution is 5.90. The zero-order valence-corrected chi connectivity index (χ0v) is 16.0. The Morgan fingerprint density at radius 1 is 1.15 bits per heavy atom. The van der Waals surface area contributed by atoms with Crippen molar-refractivity contribution < 1.29 is 14.3 Å². The smallest absolute Gasteiger partial charge is 0.338 e. The molecule has 2 aromatic rings. The fraction of sp³-hybridized carbons (Fsp3) is 0.348. The number of allylic oxidation sites excluding steroid dienone is 1. The summed E-state index contributed by atoms with van der Waals surface area (Å²) in [7, 11) is 0. The van der Waals surface area contributed by atoms with Crippen molar-refractivity contribution in [1.29, 1.82) is 0 Å². The number of hydrogen-bond donors (Lipinski definition) is 0. The Bertz CT molecular complexity index is 829. The summed E-state index contributed by atoms with van der Waals surface area (Å²) < 4.78 is 10.9. The molecule has 136 valence electrons. The molecular formula is C23H26O3. The first kappa shape index (κ1) is 18.2. The van der Waals surface area contributed by atoms with Crippen molar-refractivity contribution in [1.82, 2.24) is 0 Å². The lowest BCUT2D eigenvalue weighted by atomic mass is 9.79. The SMILES string of the molecule is CCOC(=O)c1ccc(C=C(C)c2ccc3c(c2)OCCC3(C)C)cc1. The molecular weight excluding hydrogens is 324 g/mol. The van der Waals surface area contributed by atoms with Crippen LogP contribution in [-0.2, 0) is 10.2 Å². The first-order valence-electron chi connectivity index (χ1n) is 9.14. The Morgan fingerprint density at radius 2 is 1.85 bits per heavy atom. The minimum atomic E-state index is -0.283. The van der Waals surface area contributed by atoms with Crippen LogP contribution in [0.5, 0.6) is 5.75 Å². The molecule has 0 radical (unpaired) electrons. The van der Waals surface area contributed by atoms with Crippen molar-refractivity contribution in [2.45, 2.75) is 39.5 Å². The molecule has 1 aliphatic rings. The highest BCUT2D eigenvalue weighted by Gasteiger charge is 2.28. The number of ether oxygens (including phenoxy) is 2. The third-order valence-corrected chi connectivity index (χ3v) is 4.96.